The number of carbonyl (C=O) groups is 1. The van der Waals surface area contributed by atoms with Gasteiger partial charge in [-0.3, -0.25) is 4.79 Å². The van der Waals surface area contributed by atoms with Gasteiger partial charge in [0.25, 0.3) is 0 Å². The third-order valence-corrected chi connectivity index (χ3v) is 3.61. The van der Waals surface area contributed by atoms with Crippen LogP contribution >= 0.6 is 0 Å². The maximum atomic E-state index is 13.6. The van der Waals surface area contributed by atoms with Crippen LogP contribution < -0.4 is 10.6 Å². The van der Waals surface area contributed by atoms with Gasteiger partial charge in [0.05, 0.1) is 5.69 Å². The molecule has 2 aliphatic heterocycles. The number of benzene rings is 1. The van der Waals surface area contributed by atoms with Crippen molar-refractivity contribution in [1.29, 1.82) is 0 Å². The van der Waals surface area contributed by atoms with Crippen LogP contribution in [0.5, 0.6) is 0 Å². The SMILES string of the molecule is O=C1CC2(CCNc3c(F)cccc32)CN1. The summed E-state index contributed by atoms with van der Waals surface area (Å²) in [7, 11) is 0. The van der Waals surface area contributed by atoms with Crippen molar-refractivity contribution in [1.82, 2.24) is 5.32 Å². The van der Waals surface area contributed by atoms with E-state index < -0.39 is 0 Å². The maximum Gasteiger partial charge on any atom is 0.220 e. The molecule has 0 aliphatic carbocycles. The second-order valence-electron chi connectivity index (χ2n) is 4.57. The molecular weight excluding hydrogens is 207 g/mol. The van der Waals surface area contributed by atoms with Gasteiger partial charge in [-0.05, 0) is 18.1 Å². The molecule has 4 heteroatoms. The van der Waals surface area contributed by atoms with Gasteiger partial charge in [-0.25, -0.2) is 4.39 Å². The summed E-state index contributed by atoms with van der Waals surface area (Å²) in [6.07, 6.45) is 1.35. The lowest BCUT2D eigenvalue weighted by Gasteiger charge is -2.35. The van der Waals surface area contributed by atoms with E-state index in [-0.39, 0.29) is 17.1 Å². The Morgan fingerprint density at radius 1 is 1.31 bits per heavy atom. The van der Waals surface area contributed by atoms with Gasteiger partial charge in [0.1, 0.15) is 5.82 Å². The van der Waals surface area contributed by atoms with Crippen molar-refractivity contribution in [2.24, 2.45) is 0 Å². The van der Waals surface area contributed by atoms with E-state index >= 15 is 0 Å². The topological polar surface area (TPSA) is 41.1 Å². The fraction of sp³-hybridized carbons (Fsp3) is 0.417. The van der Waals surface area contributed by atoms with Crippen molar-refractivity contribution in [3.8, 4) is 0 Å². The molecule has 1 atom stereocenters. The van der Waals surface area contributed by atoms with Crippen molar-refractivity contribution in [3.63, 3.8) is 0 Å². The summed E-state index contributed by atoms with van der Waals surface area (Å²) in [5.41, 5.74) is 1.32. The van der Waals surface area contributed by atoms with E-state index in [0.717, 1.165) is 18.5 Å². The third-order valence-electron chi connectivity index (χ3n) is 3.61. The molecule has 1 aromatic carbocycles. The first-order chi connectivity index (χ1) is 7.71. The summed E-state index contributed by atoms with van der Waals surface area (Å²) in [6.45, 7) is 1.35. The van der Waals surface area contributed by atoms with Crippen LogP contribution in [-0.4, -0.2) is 19.0 Å². The minimum absolute atomic E-state index is 0.0668. The van der Waals surface area contributed by atoms with E-state index in [1.165, 1.54) is 6.07 Å². The van der Waals surface area contributed by atoms with Gasteiger partial charge in [0.15, 0.2) is 0 Å². The fourth-order valence-corrected chi connectivity index (χ4v) is 2.77. The Balaban J connectivity index is 2.13. The normalized spacial score (nSPS) is 27.4. The molecule has 0 saturated carbocycles. The highest BCUT2D eigenvalue weighted by Gasteiger charge is 2.43. The van der Waals surface area contributed by atoms with Crippen LogP contribution in [0, 0.1) is 5.82 Å². The van der Waals surface area contributed by atoms with E-state index in [1.54, 1.807) is 6.07 Å². The van der Waals surface area contributed by atoms with Crippen molar-refractivity contribution in [2.75, 3.05) is 18.4 Å². The van der Waals surface area contributed by atoms with Gasteiger partial charge in [-0.15, -0.1) is 0 Å². The van der Waals surface area contributed by atoms with E-state index in [9.17, 15) is 9.18 Å². The highest BCUT2D eigenvalue weighted by molar-refractivity contribution is 5.82. The van der Waals surface area contributed by atoms with Gasteiger partial charge < -0.3 is 10.6 Å². The molecule has 2 aliphatic rings. The number of hydrogen-bond donors (Lipinski definition) is 2. The highest BCUT2D eigenvalue weighted by atomic mass is 19.1. The fourth-order valence-electron chi connectivity index (χ4n) is 2.77. The zero-order valence-electron chi connectivity index (χ0n) is 8.85. The average Bonchev–Trinajstić information content (AvgIpc) is 2.63. The first-order valence-corrected chi connectivity index (χ1v) is 5.51. The lowest BCUT2D eigenvalue weighted by atomic mass is 9.74. The number of nitrogens with one attached hydrogen (secondary N) is 2. The van der Waals surface area contributed by atoms with E-state index in [4.69, 9.17) is 0 Å². The Hall–Kier alpha value is -1.58. The molecule has 1 unspecified atom stereocenters. The molecule has 0 radical (unpaired) electrons. The Bertz CT molecular complexity index is 460. The predicted molar refractivity (Wildman–Crippen MR) is 58.8 cm³/mol. The highest BCUT2D eigenvalue weighted by Crippen LogP contribution is 2.42. The largest absolute Gasteiger partial charge is 0.382 e. The lowest BCUT2D eigenvalue weighted by molar-refractivity contribution is -0.119. The number of hydrogen-bond acceptors (Lipinski definition) is 2. The van der Waals surface area contributed by atoms with Crippen molar-refractivity contribution in [2.45, 2.75) is 18.3 Å². The van der Waals surface area contributed by atoms with Gasteiger partial charge in [-0.2, -0.15) is 0 Å². The molecule has 1 fully saturated rings. The molecule has 0 bridgehead atoms. The Morgan fingerprint density at radius 2 is 2.19 bits per heavy atom. The summed E-state index contributed by atoms with van der Waals surface area (Å²) in [6, 6.07) is 5.09. The summed E-state index contributed by atoms with van der Waals surface area (Å²) >= 11 is 0. The van der Waals surface area contributed by atoms with Crippen LogP contribution in [0.15, 0.2) is 18.2 Å². The minimum Gasteiger partial charge on any atom is -0.382 e. The van der Waals surface area contributed by atoms with Crippen LogP contribution in [-0.2, 0) is 10.2 Å². The number of rotatable bonds is 0. The zero-order chi connectivity index (χ0) is 11.2. The standard InChI is InChI=1S/C12H13FN2O/c13-9-3-1-2-8-11(9)14-5-4-12(8)6-10(16)15-7-12/h1-3,14H,4-7H2,(H,15,16). The second kappa shape index (κ2) is 3.20. The lowest BCUT2D eigenvalue weighted by Crippen LogP contribution is -2.36. The van der Waals surface area contributed by atoms with E-state index in [2.05, 4.69) is 10.6 Å². The van der Waals surface area contributed by atoms with Crippen LogP contribution in [0.4, 0.5) is 10.1 Å². The zero-order valence-corrected chi connectivity index (χ0v) is 8.85. The van der Waals surface area contributed by atoms with Crippen LogP contribution in [0.1, 0.15) is 18.4 Å². The molecule has 3 rings (SSSR count). The van der Waals surface area contributed by atoms with Crippen molar-refractivity contribution >= 4 is 11.6 Å². The number of halogens is 1. The van der Waals surface area contributed by atoms with Gasteiger partial charge in [-0.1, -0.05) is 12.1 Å². The van der Waals surface area contributed by atoms with Crippen molar-refractivity contribution < 1.29 is 9.18 Å². The quantitative estimate of drug-likeness (QED) is 0.694. The van der Waals surface area contributed by atoms with Crippen LogP contribution in [0.3, 0.4) is 0 Å². The average molecular weight is 220 g/mol. The second-order valence-corrected chi connectivity index (χ2v) is 4.57. The molecule has 84 valence electrons. The number of amides is 1. The summed E-state index contributed by atoms with van der Waals surface area (Å²) in [4.78, 5) is 11.4. The molecule has 1 aromatic rings. The minimum atomic E-state index is -0.226. The molecule has 2 N–H and O–H groups in total. The maximum absolute atomic E-state index is 13.6. The smallest absolute Gasteiger partial charge is 0.220 e. The monoisotopic (exact) mass is 220 g/mol. The molecule has 1 saturated heterocycles. The molecule has 16 heavy (non-hydrogen) atoms. The third kappa shape index (κ3) is 1.22. The Kier molecular flexibility index (Phi) is 1.93. The molecule has 1 amide bonds. The number of carbonyl (C=O) groups excluding carboxylic acids is 1. The Morgan fingerprint density at radius 3 is 2.94 bits per heavy atom. The predicted octanol–water partition coefficient (Wildman–Crippen LogP) is 1.40. The summed E-state index contributed by atoms with van der Waals surface area (Å²) in [5, 5.41) is 5.93. The first kappa shape index (κ1) is 9.63. The van der Waals surface area contributed by atoms with E-state index in [0.29, 0.717) is 18.7 Å². The number of anilines is 1. The van der Waals surface area contributed by atoms with Crippen LogP contribution in [0.2, 0.25) is 0 Å². The Labute approximate surface area is 93.0 Å². The van der Waals surface area contributed by atoms with E-state index in [1.807, 2.05) is 6.07 Å². The summed E-state index contributed by atoms with van der Waals surface area (Å²) < 4.78 is 13.6. The summed E-state index contributed by atoms with van der Waals surface area (Å²) in [5.74, 6) is -0.159. The van der Waals surface area contributed by atoms with Gasteiger partial charge >= 0.3 is 0 Å². The molecule has 1 spiro atoms. The number of fused-ring (bicyclic) bond motifs is 2. The molecule has 0 aromatic heterocycles. The van der Waals surface area contributed by atoms with Crippen LogP contribution in [0.25, 0.3) is 0 Å². The molecule has 2 heterocycles. The molecular formula is C12H13FN2O. The van der Waals surface area contributed by atoms with Gasteiger partial charge in [0.2, 0.25) is 5.91 Å². The van der Waals surface area contributed by atoms with Crippen molar-refractivity contribution in [3.05, 3.63) is 29.6 Å². The first-order valence-electron chi connectivity index (χ1n) is 5.51. The van der Waals surface area contributed by atoms with Gasteiger partial charge in [0, 0.05) is 24.9 Å². The number of para-hydroxylation sites is 1. The molecule has 3 nitrogen and oxygen atoms in total.